The summed E-state index contributed by atoms with van der Waals surface area (Å²) in [5.74, 6) is -0.199. The van der Waals surface area contributed by atoms with Gasteiger partial charge in [0.25, 0.3) is 5.91 Å². The Morgan fingerprint density at radius 2 is 1.95 bits per heavy atom. The van der Waals surface area contributed by atoms with Crippen molar-refractivity contribution in [1.82, 2.24) is 10.6 Å². The van der Waals surface area contributed by atoms with Gasteiger partial charge in [-0.25, -0.2) is 0 Å². The van der Waals surface area contributed by atoms with Gasteiger partial charge in [-0.3, -0.25) is 4.79 Å². The molecule has 0 aliphatic rings. The maximum atomic E-state index is 12.0. The first kappa shape index (κ1) is 20.8. The summed E-state index contributed by atoms with van der Waals surface area (Å²) in [5, 5.41) is 6.86. The highest BCUT2D eigenvalue weighted by atomic mass is 35.5. The van der Waals surface area contributed by atoms with Gasteiger partial charge in [-0.1, -0.05) is 23.2 Å². The van der Waals surface area contributed by atoms with Crippen LogP contribution in [-0.2, 0) is 4.74 Å². The van der Waals surface area contributed by atoms with Crippen LogP contribution in [-0.4, -0.2) is 45.5 Å². The van der Waals surface area contributed by atoms with E-state index in [-0.39, 0.29) is 18.3 Å². The average molecular weight is 374 g/mol. The molecule has 0 saturated carbocycles. The molecule has 0 atom stereocenters. The first-order chi connectivity index (χ1) is 9.60. The summed E-state index contributed by atoms with van der Waals surface area (Å²) >= 11 is 13.5. The molecule has 0 unspecified atom stereocenters. The smallest absolute Gasteiger partial charge is 0.252 e. The predicted molar refractivity (Wildman–Crippen MR) is 92.6 cm³/mol. The fraction of sp³-hybridized carbons (Fsp3) is 0.462. The fourth-order valence-corrected chi connectivity index (χ4v) is 2.71. The molecule has 0 aliphatic heterocycles. The van der Waals surface area contributed by atoms with Crippen LogP contribution in [0.25, 0.3) is 0 Å². The first-order valence-corrected chi connectivity index (χ1v) is 8.09. The monoisotopic (exact) mass is 372 g/mol. The van der Waals surface area contributed by atoms with Crippen molar-refractivity contribution < 1.29 is 9.53 Å². The summed E-state index contributed by atoms with van der Waals surface area (Å²) in [6.45, 7) is 2.60. The normalized spacial score (nSPS) is 10.1. The number of halogens is 3. The van der Waals surface area contributed by atoms with E-state index in [4.69, 9.17) is 27.9 Å². The lowest BCUT2D eigenvalue weighted by Crippen LogP contribution is -2.33. The van der Waals surface area contributed by atoms with E-state index < -0.39 is 0 Å². The Bertz CT molecular complexity index is 461. The molecule has 0 spiro atoms. The van der Waals surface area contributed by atoms with Crippen LogP contribution < -0.4 is 10.6 Å². The predicted octanol–water partition coefficient (Wildman–Crippen LogP) is 3.10. The van der Waals surface area contributed by atoms with E-state index in [1.54, 1.807) is 19.2 Å². The number of nitrogens with one attached hydrogen (secondary N) is 2. The Morgan fingerprint density at radius 3 is 2.57 bits per heavy atom. The molecule has 0 fully saturated rings. The van der Waals surface area contributed by atoms with Gasteiger partial charge in [-0.2, -0.15) is 0 Å². The SMILES string of the molecule is COCCNCCNC(=O)c1cc(SC)c(Cl)cc1Cl.Cl. The zero-order chi connectivity index (χ0) is 15.0. The fourth-order valence-electron chi connectivity index (χ4n) is 1.52. The lowest BCUT2D eigenvalue weighted by Gasteiger charge is -2.10. The van der Waals surface area contributed by atoms with Crippen LogP contribution in [0, 0.1) is 0 Å². The van der Waals surface area contributed by atoms with Crippen molar-refractivity contribution >= 4 is 53.3 Å². The molecule has 21 heavy (non-hydrogen) atoms. The number of methoxy groups -OCH3 is 1. The minimum atomic E-state index is -0.199. The molecule has 1 aromatic rings. The molecular weight excluding hydrogens is 355 g/mol. The topological polar surface area (TPSA) is 50.4 Å². The van der Waals surface area contributed by atoms with Crippen molar-refractivity contribution in [1.29, 1.82) is 0 Å². The third kappa shape index (κ3) is 7.08. The number of ether oxygens (including phenoxy) is 1. The summed E-state index contributed by atoms with van der Waals surface area (Å²) in [7, 11) is 1.65. The van der Waals surface area contributed by atoms with Crippen molar-refractivity contribution in [2.45, 2.75) is 4.90 Å². The van der Waals surface area contributed by atoms with Crippen molar-refractivity contribution in [3.63, 3.8) is 0 Å². The van der Waals surface area contributed by atoms with Gasteiger partial charge in [0, 0.05) is 31.6 Å². The van der Waals surface area contributed by atoms with Gasteiger partial charge >= 0.3 is 0 Å². The van der Waals surface area contributed by atoms with Gasteiger partial charge in [0.05, 0.1) is 22.2 Å². The number of hydrogen-bond donors (Lipinski definition) is 2. The van der Waals surface area contributed by atoms with E-state index in [0.717, 1.165) is 11.4 Å². The van der Waals surface area contributed by atoms with Crippen LogP contribution in [0.15, 0.2) is 17.0 Å². The summed E-state index contributed by atoms with van der Waals surface area (Å²) in [6, 6.07) is 3.31. The molecule has 2 N–H and O–H groups in total. The van der Waals surface area contributed by atoms with Crippen molar-refractivity contribution in [3.8, 4) is 0 Å². The molecule has 0 saturated heterocycles. The minimum Gasteiger partial charge on any atom is -0.383 e. The van der Waals surface area contributed by atoms with E-state index in [1.165, 1.54) is 11.8 Å². The van der Waals surface area contributed by atoms with Crippen molar-refractivity contribution in [2.75, 3.05) is 39.6 Å². The lowest BCUT2D eigenvalue weighted by atomic mass is 10.2. The van der Waals surface area contributed by atoms with Gasteiger partial charge in [-0.05, 0) is 18.4 Å². The molecule has 0 aliphatic carbocycles. The number of rotatable bonds is 8. The number of hydrogen-bond acceptors (Lipinski definition) is 4. The summed E-state index contributed by atoms with van der Waals surface area (Å²) in [4.78, 5) is 12.9. The van der Waals surface area contributed by atoms with E-state index in [1.807, 2.05) is 6.26 Å². The molecular formula is C13H19Cl3N2O2S. The number of carbonyl (C=O) groups is 1. The summed E-state index contributed by atoms with van der Waals surface area (Å²) in [6.07, 6.45) is 1.90. The van der Waals surface area contributed by atoms with Crippen LogP contribution in [0.1, 0.15) is 10.4 Å². The van der Waals surface area contributed by atoms with Gasteiger partial charge < -0.3 is 15.4 Å². The Kier molecular flexibility index (Phi) is 11.3. The van der Waals surface area contributed by atoms with Crippen LogP contribution in [0.3, 0.4) is 0 Å². The van der Waals surface area contributed by atoms with E-state index in [9.17, 15) is 4.79 Å². The summed E-state index contributed by atoms with van der Waals surface area (Å²) in [5.41, 5.74) is 0.442. The molecule has 0 radical (unpaired) electrons. The average Bonchev–Trinajstić information content (AvgIpc) is 2.42. The largest absolute Gasteiger partial charge is 0.383 e. The number of amides is 1. The standard InChI is InChI=1S/C13H18Cl2N2O2S.ClH/c1-19-6-5-16-3-4-17-13(18)9-7-12(20-2)11(15)8-10(9)14;/h7-8,16H,3-6H2,1-2H3,(H,17,18);1H. The second-order valence-electron chi connectivity index (χ2n) is 3.97. The van der Waals surface area contributed by atoms with Crippen LogP contribution >= 0.6 is 47.4 Å². The number of carbonyl (C=O) groups excluding carboxylic acids is 1. The number of thioether (sulfide) groups is 1. The van der Waals surface area contributed by atoms with Crippen molar-refractivity contribution in [2.24, 2.45) is 0 Å². The lowest BCUT2D eigenvalue weighted by molar-refractivity contribution is 0.0953. The highest BCUT2D eigenvalue weighted by Gasteiger charge is 2.13. The molecule has 0 aromatic heterocycles. The van der Waals surface area contributed by atoms with Crippen LogP contribution in [0.4, 0.5) is 0 Å². The quantitative estimate of drug-likeness (QED) is 0.543. The molecule has 1 amide bonds. The van der Waals surface area contributed by atoms with Gasteiger partial charge in [-0.15, -0.1) is 24.2 Å². The summed E-state index contributed by atoms with van der Waals surface area (Å²) < 4.78 is 4.91. The van der Waals surface area contributed by atoms with E-state index in [0.29, 0.717) is 35.3 Å². The van der Waals surface area contributed by atoms with Crippen LogP contribution in [0.2, 0.25) is 10.0 Å². The Morgan fingerprint density at radius 1 is 1.24 bits per heavy atom. The Balaban J connectivity index is 0.00000400. The maximum absolute atomic E-state index is 12.0. The van der Waals surface area contributed by atoms with E-state index in [2.05, 4.69) is 10.6 Å². The first-order valence-electron chi connectivity index (χ1n) is 6.11. The Labute approximate surface area is 145 Å². The maximum Gasteiger partial charge on any atom is 0.252 e. The molecule has 1 rings (SSSR count). The molecule has 8 heteroatoms. The number of benzene rings is 1. The molecule has 120 valence electrons. The molecule has 0 heterocycles. The molecule has 1 aromatic carbocycles. The third-order valence-corrected chi connectivity index (χ3v) is 4.07. The molecule has 0 bridgehead atoms. The minimum absolute atomic E-state index is 0. The van der Waals surface area contributed by atoms with E-state index >= 15 is 0 Å². The highest BCUT2D eigenvalue weighted by Crippen LogP contribution is 2.31. The van der Waals surface area contributed by atoms with Gasteiger partial charge in [0.2, 0.25) is 0 Å². The molecule has 4 nitrogen and oxygen atoms in total. The van der Waals surface area contributed by atoms with Crippen molar-refractivity contribution in [3.05, 3.63) is 27.7 Å². The Hall–Kier alpha value is -0.170. The second kappa shape index (κ2) is 11.4. The zero-order valence-electron chi connectivity index (χ0n) is 11.9. The highest BCUT2D eigenvalue weighted by molar-refractivity contribution is 7.98. The van der Waals surface area contributed by atoms with Gasteiger partial charge in [0.15, 0.2) is 0 Å². The second-order valence-corrected chi connectivity index (χ2v) is 5.63. The van der Waals surface area contributed by atoms with Crippen LogP contribution in [0.5, 0.6) is 0 Å². The third-order valence-electron chi connectivity index (χ3n) is 2.56. The zero-order valence-corrected chi connectivity index (χ0v) is 15.0. The van der Waals surface area contributed by atoms with Gasteiger partial charge in [0.1, 0.15) is 0 Å².